The molecule has 0 atom stereocenters. The lowest BCUT2D eigenvalue weighted by atomic mass is 10.00. The van der Waals surface area contributed by atoms with E-state index in [9.17, 15) is 9.59 Å². The number of imide groups is 1. The van der Waals surface area contributed by atoms with E-state index in [1.54, 1.807) is 6.08 Å². The molecule has 0 saturated heterocycles. The van der Waals surface area contributed by atoms with E-state index < -0.39 is 0 Å². The van der Waals surface area contributed by atoms with Gasteiger partial charge in [0.25, 0.3) is 11.8 Å². The van der Waals surface area contributed by atoms with Gasteiger partial charge in [-0.25, -0.2) is 0 Å². The van der Waals surface area contributed by atoms with Gasteiger partial charge < -0.3 is 0 Å². The molecule has 3 heteroatoms. The van der Waals surface area contributed by atoms with Gasteiger partial charge in [0.1, 0.15) is 0 Å². The average molecular weight is 165 g/mol. The lowest BCUT2D eigenvalue weighted by molar-refractivity contribution is -0.124. The lowest BCUT2D eigenvalue weighted by Crippen LogP contribution is -2.22. The smallest absolute Gasteiger partial charge is 0.258 e. The first-order valence-corrected chi connectivity index (χ1v) is 3.54. The van der Waals surface area contributed by atoms with E-state index in [1.165, 1.54) is 0 Å². The van der Waals surface area contributed by atoms with Crippen LogP contribution in [0, 0.1) is 0 Å². The van der Waals surface area contributed by atoms with Crippen molar-refractivity contribution in [1.82, 2.24) is 5.32 Å². The minimum absolute atomic E-state index is 0. The van der Waals surface area contributed by atoms with Crippen molar-refractivity contribution in [3.63, 3.8) is 0 Å². The van der Waals surface area contributed by atoms with Gasteiger partial charge in [0.05, 0.1) is 0 Å². The SMILES string of the molecule is C.O=C1NC(=O)C2=C1C=CCC2. The van der Waals surface area contributed by atoms with Crippen molar-refractivity contribution in [2.45, 2.75) is 20.3 Å². The molecular weight excluding hydrogens is 154 g/mol. The molecule has 1 aliphatic carbocycles. The van der Waals surface area contributed by atoms with Crippen molar-refractivity contribution in [3.8, 4) is 0 Å². The summed E-state index contributed by atoms with van der Waals surface area (Å²) in [6.45, 7) is 0. The standard InChI is InChI=1S/C8H7NO2.CH4/c10-7-5-3-1-2-4-6(5)8(11)9-7;/h1,3H,2,4H2,(H,9,10,11);1H4. The maximum atomic E-state index is 11.0. The highest BCUT2D eigenvalue weighted by Crippen LogP contribution is 2.22. The van der Waals surface area contributed by atoms with Gasteiger partial charge in [0, 0.05) is 11.1 Å². The quantitative estimate of drug-likeness (QED) is 0.542. The van der Waals surface area contributed by atoms with Gasteiger partial charge in [-0.05, 0) is 12.8 Å². The number of rotatable bonds is 0. The van der Waals surface area contributed by atoms with Crippen molar-refractivity contribution in [3.05, 3.63) is 23.3 Å². The predicted octanol–water partition coefficient (Wildman–Crippen LogP) is 0.925. The minimum atomic E-state index is -0.249. The Morgan fingerprint density at radius 1 is 1.25 bits per heavy atom. The number of amides is 2. The first kappa shape index (κ1) is 8.71. The zero-order valence-electron chi connectivity index (χ0n) is 5.89. The fourth-order valence-electron chi connectivity index (χ4n) is 1.36. The first-order chi connectivity index (χ1) is 5.29. The number of carbonyl (C=O) groups is 2. The van der Waals surface area contributed by atoms with Crippen LogP contribution in [0.5, 0.6) is 0 Å². The van der Waals surface area contributed by atoms with Crippen LogP contribution in [0.1, 0.15) is 20.3 Å². The van der Waals surface area contributed by atoms with Gasteiger partial charge in [-0.3, -0.25) is 14.9 Å². The Balaban J connectivity index is 0.000000720. The van der Waals surface area contributed by atoms with Crippen LogP contribution >= 0.6 is 0 Å². The van der Waals surface area contributed by atoms with Gasteiger partial charge in [-0.1, -0.05) is 19.6 Å². The zero-order valence-corrected chi connectivity index (χ0v) is 5.89. The highest BCUT2D eigenvalue weighted by atomic mass is 16.2. The molecule has 1 heterocycles. The first-order valence-electron chi connectivity index (χ1n) is 3.54. The second-order valence-electron chi connectivity index (χ2n) is 2.62. The highest BCUT2D eigenvalue weighted by molar-refractivity contribution is 6.20. The predicted molar refractivity (Wildman–Crippen MR) is 45.3 cm³/mol. The van der Waals surface area contributed by atoms with Crippen molar-refractivity contribution in [2.24, 2.45) is 0 Å². The molecule has 0 fully saturated rings. The molecule has 3 nitrogen and oxygen atoms in total. The summed E-state index contributed by atoms with van der Waals surface area (Å²) < 4.78 is 0. The number of hydrogen-bond acceptors (Lipinski definition) is 2. The van der Waals surface area contributed by atoms with Crippen molar-refractivity contribution in [2.75, 3.05) is 0 Å². The van der Waals surface area contributed by atoms with E-state index in [2.05, 4.69) is 5.32 Å². The molecule has 1 aliphatic heterocycles. The van der Waals surface area contributed by atoms with Crippen LogP contribution in [-0.2, 0) is 9.59 Å². The molecule has 12 heavy (non-hydrogen) atoms. The summed E-state index contributed by atoms with van der Waals surface area (Å²) >= 11 is 0. The number of hydrogen-bond donors (Lipinski definition) is 1. The van der Waals surface area contributed by atoms with E-state index >= 15 is 0 Å². The Morgan fingerprint density at radius 2 is 2.00 bits per heavy atom. The number of carbonyl (C=O) groups excluding carboxylic acids is 2. The molecular formula is C9H11NO2. The summed E-state index contributed by atoms with van der Waals surface area (Å²) in [5.74, 6) is -0.463. The monoisotopic (exact) mass is 165 g/mol. The van der Waals surface area contributed by atoms with Crippen molar-refractivity contribution in [1.29, 1.82) is 0 Å². The molecule has 2 rings (SSSR count). The Morgan fingerprint density at radius 3 is 2.67 bits per heavy atom. The number of allylic oxidation sites excluding steroid dienone is 1. The summed E-state index contributed by atoms with van der Waals surface area (Å²) in [6.07, 6.45) is 5.19. The molecule has 0 bridgehead atoms. The molecule has 1 N–H and O–H groups in total. The van der Waals surface area contributed by atoms with Crippen LogP contribution in [-0.4, -0.2) is 11.8 Å². The largest absolute Gasteiger partial charge is 0.288 e. The maximum Gasteiger partial charge on any atom is 0.258 e. The van der Waals surface area contributed by atoms with Crippen molar-refractivity contribution >= 4 is 11.8 Å². The topological polar surface area (TPSA) is 46.2 Å². The number of nitrogens with one attached hydrogen (secondary N) is 1. The van der Waals surface area contributed by atoms with E-state index in [0.717, 1.165) is 6.42 Å². The Hall–Kier alpha value is -1.38. The highest BCUT2D eigenvalue weighted by Gasteiger charge is 2.28. The maximum absolute atomic E-state index is 11.0. The summed E-state index contributed by atoms with van der Waals surface area (Å²) in [6, 6.07) is 0. The zero-order chi connectivity index (χ0) is 7.84. The summed E-state index contributed by atoms with van der Waals surface area (Å²) in [5, 5.41) is 2.26. The van der Waals surface area contributed by atoms with Crippen LogP contribution in [0.15, 0.2) is 23.3 Å². The molecule has 0 unspecified atom stereocenters. The van der Waals surface area contributed by atoms with Crippen LogP contribution in [0.4, 0.5) is 0 Å². The molecule has 0 radical (unpaired) electrons. The van der Waals surface area contributed by atoms with Gasteiger partial charge in [-0.2, -0.15) is 0 Å². The van der Waals surface area contributed by atoms with Crippen LogP contribution in [0.25, 0.3) is 0 Å². The molecule has 0 aromatic carbocycles. The van der Waals surface area contributed by atoms with Crippen LogP contribution in [0.3, 0.4) is 0 Å². The molecule has 0 saturated carbocycles. The third kappa shape index (κ3) is 1.07. The summed E-state index contributed by atoms with van der Waals surface area (Å²) in [7, 11) is 0. The average Bonchev–Trinajstić information content (AvgIpc) is 2.30. The second-order valence-corrected chi connectivity index (χ2v) is 2.62. The van der Waals surface area contributed by atoms with E-state index in [0.29, 0.717) is 17.6 Å². The van der Waals surface area contributed by atoms with Gasteiger partial charge >= 0.3 is 0 Å². The fraction of sp³-hybridized carbons (Fsp3) is 0.333. The molecule has 2 amide bonds. The molecule has 0 aromatic rings. The molecule has 64 valence electrons. The summed E-state index contributed by atoms with van der Waals surface area (Å²) in [4.78, 5) is 22.0. The van der Waals surface area contributed by atoms with Gasteiger partial charge in [0.2, 0.25) is 0 Å². The Labute approximate surface area is 71.1 Å². The van der Waals surface area contributed by atoms with E-state index in [-0.39, 0.29) is 19.2 Å². The van der Waals surface area contributed by atoms with E-state index in [4.69, 9.17) is 0 Å². The fourth-order valence-corrected chi connectivity index (χ4v) is 1.36. The molecule has 0 aromatic heterocycles. The van der Waals surface area contributed by atoms with Crippen molar-refractivity contribution < 1.29 is 9.59 Å². The molecule has 0 spiro atoms. The normalized spacial score (nSPS) is 20.3. The summed E-state index contributed by atoms with van der Waals surface area (Å²) in [5.41, 5.74) is 1.21. The lowest BCUT2D eigenvalue weighted by Gasteiger charge is -2.01. The van der Waals surface area contributed by atoms with Crippen LogP contribution < -0.4 is 5.32 Å². The van der Waals surface area contributed by atoms with Gasteiger partial charge in [0.15, 0.2) is 0 Å². The Bertz CT molecular complexity index is 300. The third-order valence-corrected chi connectivity index (χ3v) is 1.92. The second kappa shape index (κ2) is 2.93. The van der Waals surface area contributed by atoms with Crippen LogP contribution in [0.2, 0.25) is 0 Å². The third-order valence-electron chi connectivity index (χ3n) is 1.92. The molecule has 2 aliphatic rings. The van der Waals surface area contributed by atoms with Gasteiger partial charge in [-0.15, -0.1) is 0 Å². The minimum Gasteiger partial charge on any atom is -0.288 e. The van der Waals surface area contributed by atoms with E-state index in [1.807, 2.05) is 6.08 Å². The Kier molecular flexibility index (Phi) is 2.13.